The number of nitrogens with zero attached hydrogens (tertiary/aromatic N) is 3. The number of aryl methyl sites for hydroxylation is 2. The van der Waals surface area contributed by atoms with Gasteiger partial charge in [-0.25, -0.2) is 0 Å². The molecule has 172 valence electrons. The van der Waals surface area contributed by atoms with Crippen molar-refractivity contribution in [3.05, 3.63) is 81.2 Å². The van der Waals surface area contributed by atoms with E-state index in [1.165, 1.54) is 11.8 Å². The van der Waals surface area contributed by atoms with E-state index in [1.54, 1.807) is 18.2 Å². The minimum Gasteiger partial charge on any atom is -0.342 e. The molecule has 3 rings (SSSR count). The Morgan fingerprint density at radius 1 is 1.18 bits per heavy atom. The lowest BCUT2D eigenvalue weighted by Crippen LogP contribution is -2.28. The second-order valence-corrected chi connectivity index (χ2v) is 9.74. The average Bonchev–Trinajstić information content (AvgIpc) is 3.18. The van der Waals surface area contributed by atoms with Gasteiger partial charge in [0, 0.05) is 21.4 Å². The molecule has 0 aliphatic rings. The number of rotatable bonds is 9. The molecule has 3 aromatic rings. The SMILES string of the molecule is C=CCn1c(SCC(=O)Nc2c(C)cc(I)cc2C)nnc1[C@H](C)NC(=O)c1ccccc1. The number of halogens is 1. The summed E-state index contributed by atoms with van der Waals surface area (Å²) >= 11 is 3.56. The predicted molar refractivity (Wildman–Crippen MR) is 141 cm³/mol. The fourth-order valence-corrected chi connectivity index (χ4v) is 5.06. The highest BCUT2D eigenvalue weighted by atomic mass is 127. The topological polar surface area (TPSA) is 88.9 Å². The molecule has 7 nitrogen and oxygen atoms in total. The van der Waals surface area contributed by atoms with Crippen molar-refractivity contribution in [1.82, 2.24) is 20.1 Å². The molecule has 1 aromatic heterocycles. The molecule has 0 aliphatic carbocycles. The van der Waals surface area contributed by atoms with Gasteiger partial charge in [0.15, 0.2) is 11.0 Å². The lowest BCUT2D eigenvalue weighted by atomic mass is 10.1. The van der Waals surface area contributed by atoms with Gasteiger partial charge in [0.1, 0.15) is 0 Å². The third-order valence-electron chi connectivity index (χ3n) is 4.92. The summed E-state index contributed by atoms with van der Waals surface area (Å²) < 4.78 is 3.00. The number of hydrogen-bond donors (Lipinski definition) is 2. The highest BCUT2D eigenvalue weighted by Gasteiger charge is 2.20. The van der Waals surface area contributed by atoms with Crippen LogP contribution in [0.5, 0.6) is 0 Å². The summed E-state index contributed by atoms with van der Waals surface area (Å²) in [7, 11) is 0. The lowest BCUT2D eigenvalue weighted by molar-refractivity contribution is -0.113. The molecule has 0 unspecified atom stereocenters. The second-order valence-electron chi connectivity index (χ2n) is 7.55. The molecule has 0 saturated carbocycles. The van der Waals surface area contributed by atoms with Gasteiger partial charge in [-0.15, -0.1) is 16.8 Å². The summed E-state index contributed by atoms with van der Waals surface area (Å²) in [6, 6.07) is 12.7. The van der Waals surface area contributed by atoms with Crippen LogP contribution in [0.4, 0.5) is 5.69 Å². The van der Waals surface area contributed by atoms with E-state index >= 15 is 0 Å². The number of carbonyl (C=O) groups excluding carboxylic acids is 2. The first kappa shape index (κ1) is 25.0. The summed E-state index contributed by atoms with van der Waals surface area (Å²) in [6.45, 7) is 10.1. The molecule has 0 aliphatic heterocycles. The third kappa shape index (κ3) is 6.44. The number of benzene rings is 2. The van der Waals surface area contributed by atoms with Gasteiger partial charge in [0.2, 0.25) is 5.91 Å². The molecule has 2 amide bonds. The van der Waals surface area contributed by atoms with E-state index in [0.29, 0.717) is 23.1 Å². The van der Waals surface area contributed by atoms with Gasteiger partial charge in [-0.05, 0) is 78.8 Å². The molecule has 0 saturated heterocycles. The Morgan fingerprint density at radius 3 is 2.48 bits per heavy atom. The van der Waals surface area contributed by atoms with Crippen LogP contribution in [0.1, 0.15) is 40.3 Å². The van der Waals surface area contributed by atoms with E-state index in [2.05, 4.69) is 50.0 Å². The Hall–Kier alpha value is -2.66. The van der Waals surface area contributed by atoms with E-state index in [1.807, 2.05) is 55.7 Å². The van der Waals surface area contributed by atoms with Gasteiger partial charge in [-0.3, -0.25) is 9.59 Å². The van der Waals surface area contributed by atoms with Gasteiger partial charge >= 0.3 is 0 Å². The van der Waals surface area contributed by atoms with E-state index in [9.17, 15) is 9.59 Å². The van der Waals surface area contributed by atoms with Crippen LogP contribution >= 0.6 is 34.4 Å². The zero-order valence-electron chi connectivity index (χ0n) is 18.8. The van der Waals surface area contributed by atoms with Crippen molar-refractivity contribution in [2.75, 3.05) is 11.1 Å². The lowest BCUT2D eigenvalue weighted by Gasteiger charge is -2.15. The average molecular weight is 575 g/mol. The molecule has 2 N–H and O–H groups in total. The number of thioether (sulfide) groups is 1. The Kier molecular flexibility index (Phi) is 8.67. The number of nitrogens with one attached hydrogen (secondary N) is 2. The van der Waals surface area contributed by atoms with Crippen LogP contribution < -0.4 is 10.6 Å². The molecular formula is C24H26IN5O2S. The highest BCUT2D eigenvalue weighted by molar-refractivity contribution is 14.1. The molecule has 2 aromatic carbocycles. The molecular weight excluding hydrogens is 549 g/mol. The molecule has 9 heteroatoms. The molecule has 0 fully saturated rings. The second kappa shape index (κ2) is 11.5. The van der Waals surface area contributed by atoms with Crippen molar-refractivity contribution in [2.24, 2.45) is 0 Å². The number of hydrogen-bond acceptors (Lipinski definition) is 5. The van der Waals surface area contributed by atoms with Crippen LogP contribution in [0, 0.1) is 17.4 Å². The van der Waals surface area contributed by atoms with Gasteiger partial charge in [0.05, 0.1) is 11.8 Å². The first-order chi connectivity index (χ1) is 15.8. The molecule has 0 bridgehead atoms. The molecule has 33 heavy (non-hydrogen) atoms. The number of aromatic nitrogens is 3. The maximum atomic E-state index is 12.6. The first-order valence-electron chi connectivity index (χ1n) is 10.4. The molecule has 1 heterocycles. The Balaban J connectivity index is 1.68. The fourth-order valence-electron chi connectivity index (χ4n) is 3.38. The first-order valence-corrected chi connectivity index (χ1v) is 12.5. The zero-order chi connectivity index (χ0) is 24.0. The summed E-state index contributed by atoms with van der Waals surface area (Å²) in [5.41, 5.74) is 3.47. The standard InChI is InChI=1S/C24H26IN5O2S/c1-5-11-30-22(17(4)26-23(32)18-9-7-6-8-10-18)28-29-24(30)33-14-20(31)27-21-15(2)12-19(25)13-16(21)3/h5-10,12-13,17H,1,11,14H2,2-4H3,(H,26,32)(H,27,31)/t17-/m0/s1. The highest BCUT2D eigenvalue weighted by Crippen LogP contribution is 2.25. The molecule has 0 radical (unpaired) electrons. The van der Waals surface area contributed by atoms with Gasteiger partial charge in [-0.2, -0.15) is 0 Å². The van der Waals surface area contributed by atoms with E-state index in [-0.39, 0.29) is 23.6 Å². The van der Waals surface area contributed by atoms with Crippen LogP contribution in [-0.4, -0.2) is 32.3 Å². The Morgan fingerprint density at radius 2 is 1.85 bits per heavy atom. The number of allylic oxidation sites excluding steroid dienone is 1. The summed E-state index contributed by atoms with van der Waals surface area (Å²) in [5.74, 6) is 0.484. The van der Waals surface area contributed by atoms with Crippen LogP contribution in [0.3, 0.4) is 0 Å². The van der Waals surface area contributed by atoms with Crippen molar-refractivity contribution in [2.45, 2.75) is 38.5 Å². The normalized spacial score (nSPS) is 11.6. The van der Waals surface area contributed by atoms with Gasteiger partial charge in [-0.1, -0.05) is 36.0 Å². The maximum Gasteiger partial charge on any atom is 0.251 e. The Labute approximate surface area is 211 Å². The Bertz CT molecular complexity index is 1140. The van der Waals surface area contributed by atoms with Crippen molar-refractivity contribution >= 4 is 51.9 Å². The third-order valence-corrected chi connectivity index (χ3v) is 6.51. The minimum atomic E-state index is -0.370. The summed E-state index contributed by atoms with van der Waals surface area (Å²) in [5, 5.41) is 15.1. The summed E-state index contributed by atoms with van der Waals surface area (Å²) in [6.07, 6.45) is 1.74. The molecule has 1 atom stereocenters. The van der Waals surface area contributed by atoms with E-state index in [0.717, 1.165) is 20.4 Å². The maximum absolute atomic E-state index is 12.6. The smallest absolute Gasteiger partial charge is 0.251 e. The van der Waals surface area contributed by atoms with Crippen LogP contribution in [0.15, 0.2) is 60.3 Å². The van der Waals surface area contributed by atoms with Crippen LogP contribution in [0.2, 0.25) is 0 Å². The summed E-state index contributed by atoms with van der Waals surface area (Å²) in [4.78, 5) is 25.1. The van der Waals surface area contributed by atoms with Crippen molar-refractivity contribution < 1.29 is 9.59 Å². The monoisotopic (exact) mass is 575 g/mol. The van der Waals surface area contributed by atoms with Crippen LogP contribution in [0.25, 0.3) is 0 Å². The minimum absolute atomic E-state index is 0.118. The fraction of sp³-hybridized carbons (Fsp3) is 0.250. The van der Waals surface area contributed by atoms with Crippen LogP contribution in [-0.2, 0) is 11.3 Å². The molecule has 0 spiro atoms. The van der Waals surface area contributed by atoms with Crippen molar-refractivity contribution in [3.63, 3.8) is 0 Å². The van der Waals surface area contributed by atoms with E-state index < -0.39 is 0 Å². The van der Waals surface area contributed by atoms with Gasteiger partial charge < -0.3 is 15.2 Å². The van der Waals surface area contributed by atoms with Crippen molar-refractivity contribution in [3.8, 4) is 0 Å². The van der Waals surface area contributed by atoms with Crippen molar-refractivity contribution in [1.29, 1.82) is 0 Å². The zero-order valence-corrected chi connectivity index (χ0v) is 21.7. The number of anilines is 1. The quantitative estimate of drug-likeness (QED) is 0.215. The van der Waals surface area contributed by atoms with E-state index in [4.69, 9.17) is 0 Å². The predicted octanol–water partition coefficient (Wildman–Crippen LogP) is 4.91. The van der Waals surface area contributed by atoms with Gasteiger partial charge in [0.25, 0.3) is 5.91 Å². The largest absolute Gasteiger partial charge is 0.342 e. The number of carbonyl (C=O) groups is 2. The number of amides is 2.